The maximum atomic E-state index is 12.2. The molecule has 1 N–H and O–H groups in total. The van der Waals surface area contributed by atoms with Crippen LogP contribution in [0, 0.1) is 3.57 Å². The van der Waals surface area contributed by atoms with Crippen molar-refractivity contribution < 1.29 is 4.79 Å². The van der Waals surface area contributed by atoms with Crippen LogP contribution in [0.1, 0.15) is 16.1 Å². The number of amides is 1. The summed E-state index contributed by atoms with van der Waals surface area (Å²) in [6.07, 6.45) is 1.65. The van der Waals surface area contributed by atoms with Gasteiger partial charge in [-0.2, -0.15) is 0 Å². The standard InChI is InChI=1S/C16H13IN4O/c17-13-8-4-5-9-14(13)18-16(22)15-11-21(20-19-15)10-12-6-2-1-3-7-12/h1-9,11H,10H2,(H,18,22). The number of carbonyl (C=O) groups is 1. The Kier molecular flexibility index (Phi) is 4.47. The van der Waals surface area contributed by atoms with E-state index in [1.165, 1.54) is 0 Å². The zero-order valence-corrected chi connectivity index (χ0v) is 13.8. The first-order chi connectivity index (χ1) is 10.7. The molecule has 0 fully saturated rings. The lowest BCUT2D eigenvalue weighted by atomic mass is 10.2. The highest BCUT2D eigenvalue weighted by Crippen LogP contribution is 2.17. The van der Waals surface area contributed by atoms with Crippen LogP contribution < -0.4 is 5.32 Å². The summed E-state index contributed by atoms with van der Waals surface area (Å²) >= 11 is 2.18. The van der Waals surface area contributed by atoms with Crippen LogP contribution >= 0.6 is 22.6 Å². The van der Waals surface area contributed by atoms with Gasteiger partial charge in [0.15, 0.2) is 5.69 Å². The van der Waals surface area contributed by atoms with Gasteiger partial charge in [0, 0.05) is 3.57 Å². The van der Waals surface area contributed by atoms with Crippen molar-refractivity contribution in [2.45, 2.75) is 6.54 Å². The molecular formula is C16H13IN4O. The van der Waals surface area contributed by atoms with Crippen LogP contribution in [-0.4, -0.2) is 20.9 Å². The molecule has 0 aliphatic rings. The number of benzene rings is 2. The number of aromatic nitrogens is 3. The molecule has 1 heterocycles. The predicted octanol–water partition coefficient (Wildman–Crippen LogP) is 3.18. The van der Waals surface area contributed by atoms with E-state index < -0.39 is 0 Å². The van der Waals surface area contributed by atoms with E-state index in [9.17, 15) is 4.79 Å². The highest BCUT2D eigenvalue weighted by molar-refractivity contribution is 14.1. The molecule has 6 heteroatoms. The van der Waals surface area contributed by atoms with E-state index in [4.69, 9.17) is 0 Å². The molecule has 0 saturated carbocycles. The van der Waals surface area contributed by atoms with E-state index in [1.807, 2.05) is 54.6 Å². The summed E-state index contributed by atoms with van der Waals surface area (Å²) < 4.78 is 2.63. The SMILES string of the molecule is O=C(Nc1ccccc1I)c1cn(Cc2ccccc2)nn1. The number of nitrogens with zero attached hydrogens (tertiary/aromatic N) is 3. The van der Waals surface area contributed by atoms with Gasteiger partial charge in [0.1, 0.15) is 0 Å². The summed E-state index contributed by atoms with van der Waals surface area (Å²) in [5.74, 6) is -0.261. The Hall–Kier alpha value is -2.22. The summed E-state index contributed by atoms with van der Waals surface area (Å²) in [7, 11) is 0. The molecule has 3 aromatic rings. The van der Waals surface area contributed by atoms with Gasteiger partial charge >= 0.3 is 0 Å². The average molecular weight is 404 g/mol. The Morgan fingerprint density at radius 2 is 1.82 bits per heavy atom. The maximum absolute atomic E-state index is 12.2. The summed E-state index contributed by atoms with van der Waals surface area (Å²) in [6, 6.07) is 17.5. The molecule has 0 aliphatic heterocycles. The van der Waals surface area contributed by atoms with Gasteiger partial charge in [-0.05, 0) is 40.3 Å². The number of nitrogens with one attached hydrogen (secondary N) is 1. The molecule has 0 radical (unpaired) electrons. The van der Waals surface area contributed by atoms with Crippen molar-refractivity contribution in [3.63, 3.8) is 0 Å². The first kappa shape index (κ1) is 14.7. The Bertz CT molecular complexity index is 786. The summed E-state index contributed by atoms with van der Waals surface area (Å²) in [6.45, 7) is 0.587. The topological polar surface area (TPSA) is 59.8 Å². The van der Waals surface area contributed by atoms with Crippen molar-refractivity contribution in [3.05, 3.63) is 75.6 Å². The quantitative estimate of drug-likeness (QED) is 0.680. The lowest BCUT2D eigenvalue weighted by molar-refractivity contribution is 0.102. The van der Waals surface area contributed by atoms with Crippen LogP contribution in [0.2, 0.25) is 0 Å². The predicted molar refractivity (Wildman–Crippen MR) is 92.7 cm³/mol. The smallest absolute Gasteiger partial charge is 0.277 e. The average Bonchev–Trinajstić information content (AvgIpc) is 2.99. The van der Waals surface area contributed by atoms with Gasteiger partial charge in [-0.25, -0.2) is 4.68 Å². The van der Waals surface area contributed by atoms with Gasteiger partial charge in [0.25, 0.3) is 5.91 Å². The minimum absolute atomic E-state index is 0.261. The molecule has 0 unspecified atom stereocenters. The van der Waals surface area contributed by atoms with Crippen molar-refractivity contribution in [2.24, 2.45) is 0 Å². The molecule has 0 atom stereocenters. The van der Waals surface area contributed by atoms with Crippen LogP contribution in [-0.2, 0) is 6.54 Å². The van der Waals surface area contributed by atoms with Crippen molar-refractivity contribution in [1.29, 1.82) is 0 Å². The minimum atomic E-state index is -0.261. The molecule has 0 aliphatic carbocycles. The van der Waals surface area contributed by atoms with E-state index in [0.29, 0.717) is 12.2 Å². The Balaban J connectivity index is 1.71. The summed E-state index contributed by atoms with van der Waals surface area (Å²) in [4.78, 5) is 12.2. The number of hydrogen-bond donors (Lipinski definition) is 1. The molecule has 0 spiro atoms. The molecule has 3 rings (SSSR count). The Labute approximate surface area is 141 Å². The summed E-state index contributed by atoms with van der Waals surface area (Å²) in [5.41, 5.74) is 2.18. The third-order valence-electron chi connectivity index (χ3n) is 3.08. The molecular weight excluding hydrogens is 391 g/mol. The molecule has 110 valence electrons. The molecule has 0 saturated heterocycles. The van der Waals surface area contributed by atoms with Crippen LogP contribution in [0.25, 0.3) is 0 Å². The minimum Gasteiger partial charge on any atom is -0.320 e. The number of anilines is 1. The first-order valence-electron chi connectivity index (χ1n) is 6.72. The second kappa shape index (κ2) is 6.69. The van der Waals surface area contributed by atoms with Gasteiger partial charge in [-0.3, -0.25) is 4.79 Å². The highest BCUT2D eigenvalue weighted by Gasteiger charge is 2.12. The van der Waals surface area contributed by atoms with Gasteiger partial charge in [-0.15, -0.1) is 5.10 Å². The van der Waals surface area contributed by atoms with E-state index >= 15 is 0 Å². The monoisotopic (exact) mass is 404 g/mol. The zero-order valence-electron chi connectivity index (χ0n) is 11.6. The third kappa shape index (κ3) is 3.51. The fourth-order valence-electron chi connectivity index (χ4n) is 2.00. The van der Waals surface area contributed by atoms with Crippen molar-refractivity contribution in [2.75, 3.05) is 5.32 Å². The first-order valence-corrected chi connectivity index (χ1v) is 7.80. The van der Waals surface area contributed by atoms with Crippen LogP contribution in [0.3, 0.4) is 0 Å². The fraction of sp³-hybridized carbons (Fsp3) is 0.0625. The molecule has 1 amide bonds. The van der Waals surface area contributed by atoms with Crippen molar-refractivity contribution >= 4 is 34.2 Å². The molecule has 1 aromatic heterocycles. The molecule has 22 heavy (non-hydrogen) atoms. The van der Waals surface area contributed by atoms with E-state index in [0.717, 1.165) is 14.8 Å². The second-order valence-electron chi connectivity index (χ2n) is 4.72. The van der Waals surface area contributed by atoms with E-state index in [2.05, 4.69) is 38.2 Å². The number of hydrogen-bond acceptors (Lipinski definition) is 3. The van der Waals surface area contributed by atoms with Crippen LogP contribution in [0.5, 0.6) is 0 Å². The van der Waals surface area contributed by atoms with Gasteiger partial charge in [-0.1, -0.05) is 47.7 Å². The van der Waals surface area contributed by atoms with Crippen LogP contribution in [0.4, 0.5) is 5.69 Å². The van der Waals surface area contributed by atoms with Gasteiger partial charge in [0.05, 0.1) is 18.4 Å². The summed E-state index contributed by atoms with van der Waals surface area (Å²) in [5, 5.41) is 10.8. The van der Waals surface area contributed by atoms with Crippen molar-refractivity contribution in [1.82, 2.24) is 15.0 Å². The largest absolute Gasteiger partial charge is 0.320 e. The van der Waals surface area contributed by atoms with E-state index in [-0.39, 0.29) is 5.91 Å². The van der Waals surface area contributed by atoms with Crippen LogP contribution in [0.15, 0.2) is 60.8 Å². The van der Waals surface area contributed by atoms with E-state index in [1.54, 1.807) is 10.9 Å². The van der Waals surface area contributed by atoms with Crippen molar-refractivity contribution in [3.8, 4) is 0 Å². The lowest BCUT2D eigenvalue weighted by Crippen LogP contribution is -2.13. The fourth-order valence-corrected chi connectivity index (χ4v) is 2.52. The molecule has 0 bridgehead atoms. The Morgan fingerprint density at radius 3 is 2.59 bits per heavy atom. The lowest BCUT2D eigenvalue weighted by Gasteiger charge is -2.04. The highest BCUT2D eigenvalue weighted by atomic mass is 127. The maximum Gasteiger partial charge on any atom is 0.277 e. The molecule has 5 nitrogen and oxygen atoms in total. The number of carbonyl (C=O) groups excluding carboxylic acids is 1. The number of rotatable bonds is 4. The van der Waals surface area contributed by atoms with Gasteiger partial charge < -0.3 is 5.32 Å². The normalized spacial score (nSPS) is 10.4. The number of para-hydroxylation sites is 1. The second-order valence-corrected chi connectivity index (χ2v) is 5.88. The number of halogens is 1. The third-order valence-corrected chi connectivity index (χ3v) is 4.02. The molecule has 2 aromatic carbocycles. The Morgan fingerprint density at radius 1 is 1.09 bits per heavy atom. The zero-order chi connectivity index (χ0) is 15.4. The van der Waals surface area contributed by atoms with Gasteiger partial charge in [0.2, 0.25) is 0 Å².